The molecule has 4 rings (SSSR count). The van der Waals surface area contributed by atoms with E-state index in [0.29, 0.717) is 19.0 Å². The van der Waals surface area contributed by atoms with E-state index in [9.17, 15) is 13.2 Å². The normalized spacial score (nSPS) is 25.7. The summed E-state index contributed by atoms with van der Waals surface area (Å²) in [5.74, 6) is 1.44. The minimum Gasteiger partial charge on any atom is -0.497 e. The lowest BCUT2D eigenvalue weighted by atomic mass is 9.89. The molecule has 2 saturated heterocycles. The maximum absolute atomic E-state index is 13.4. The number of alkyl halides is 3. The van der Waals surface area contributed by atoms with Crippen LogP contribution in [0.5, 0.6) is 5.75 Å². The van der Waals surface area contributed by atoms with E-state index in [1.807, 2.05) is 29.2 Å². The Morgan fingerprint density at radius 1 is 1.07 bits per heavy atom. The van der Waals surface area contributed by atoms with E-state index in [1.165, 1.54) is 17.8 Å². The molecule has 1 aromatic heterocycles. The van der Waals surface area contributed by atoms with Crippen molar-refractivity contribution in [1.29, 1.82) is 0 Å². The zero-order valence-corrected chi connectivity index (χ0v) is 15.3. The fourth-order valence-electron chi connectivity index (χ4n) is 4.60. The fourth-order valence-corrected chi connectivity index (χ4v) is 4.60. The first-order chi connectivity index (χ1) is 12.9. The summed E-state index contributed by atoms with van der Waals surface area (Å²) in [5.41, 5.74) is 0.518. The van der Waals surface area contributed by atoms with Gasteiger partial charge in [0.2, 0.25) is 0 Å². The van der Waals surface area contributed by atoms with Crippen molar-refractivity contribution in [2.45, 2.75) is 12.2 Å². The molecule has 7 heteroatoms. The zero-order valence-electron chi connectivity index (χ0n) is 15.3. The van der Waals surface area contributed by atoms with Crippen molar-refractivity contribution >= 4 is 5.82 Å². The second-order valence-electron chi connectivity index (χ2n) is 7.36. The van der Waals surface area contributed by atoms with Gasteiger partial charge in [0.15, 0.2) is 0 Å². The quantitative estimate of drug-likeness (QED) is 0.813. The average molecular weight is 377 g/mol. The van der Waals surface area contributed by atoms with Crippen LogP contribution < -0.4 is 9.64 Å². The Morgan fingerprint density at radius 2 is 1.81 bits per heavy atom. The number of ether oxygens (including phenoxy) is 1. The molecule has 2 aliphatic heterocycles. The number of halogens is 3. The van der Waals surface area contributed by atoms with Gasteiger partial charge < -0.3 is 9.64 Å². The van der Waals surface area contributed by atoms with E-state index in [0.717, 1.165) is 18.4 Å². The molecule has 3 atom stereocenters. The van der Waals surface area contributed by atoms with Crippen molar-refractivity contribution in [2.75, 3.05) is 38.7 Å². The Labute approximate surface area is 156 Å². The fraction of sp³-hybridized carbons (Fsp3) is 0.450. The molecule has 2 aliphatic rings. The van der Waals surface area contributed by atoms with E-state index in [4.69, 9.17) is 4.74 Å². The highest BCUT2D eigenvalue weighted by Gasteiger charge is 2.47. The van der Waals surface area contributed by atoms with Gasteiger partial charge in [-0.1, -0.05) is 12.1 Å². The first-order valence-corrected chi connectivity index (χ1v) is 9.00. The first kappa shape index (κ1) is 18.1. The number of benzene rings is 1. The van der Waals surface area contributed by atoms with Gasteiger partial charge in [0, 0.05) is 37.8 Å². The van der Waals surface area contributed by atoms with Crippen molar-refractivity contribution in [3.63, 3.8) is 0 Å². The third kappa shape index (κ3) is 3.25. The zero-order chi connectivity index (χ0) is 19.2. The third-order valence-electron chi connectivity index (χ3n) is 5.74. The predicted molar refractivity (Wildman–Crippen MR) is 96.8 cm³/mol. The number of hydrogen-bond acceptors (Lipinski definition) is 4. The van der Waals surface area contributed by atoms with Crippen molar-refractivity contribution in [3.05, 3.63) is 53.7 Å². The molecule has 144 valence electrons. The Balaban J connectivity index is 1.60. The van der Waals surface area contributed by atoms with E-state index in [-0.39, 0.29) is 17.8 Å². The first-order valence-electron chi connectivity index (χ1n) is 9.00. The van der Waals surface area contributed by atoms with E-state index < -0.39 is 11.7 Å². The summed E-state index contributed by atoms with van der Waals surface area (Å²) >= 11 is 0. The number of methoxy groups -OCH3 is 1. The molecule has 1 aromatic carbocycles. The van der Waals surface area contributed by atoms with Gasteiger partial charge in [-0.3, -0.25) is 4.90 Å². The molecule has 2 fully saturated rings. The third-order valence-corrected chi connectivity index (χ3v) is 5.74. The maximum atomic E-state index is 13.4. The molecule has 0 N–H and O–H groups in total. The predicted octanol–water partition coefficient (Wildman–Crippen LogP) is 3.85. The van der Waals surface area contributed by atoms with Crippen LogP contribution in [0.3, 0.4) is 0 Å². The molecule has 0 spiro atoms. The van der Waals surface area contributed by atoms with Gasteiger partial charge in [0.1, 0.15) is 11.6 Å². The minimum absolute atomic E-state index is 0.0514. The molecule has 0 saturated carbocycles. The number of aromatic nitrogens is 1. The monoisotopic (exact) mass is 377 g/mol. The van der Waals surface area contributed by atoms with Crippen LogP contribution in [0.1, 0.15) is 17.2 Å². The number of hydrogen-bond donors (Lipinski definition) is 0. The van der Waals surface area contributed by atoms with Crippen LogP contribution in [-0.4, -0.2) is 43.7 Å². The highest BCUT2D eigenvalue weighted by molar-refractivity contribution is 5.50. The molecule has 0 bridgehead atoms. The SMILES string of the molecule is COc1ccc([C@@H]2[C@@H]3CN(c4ncccc4C(F)(F)F)C[C@@H]3CN2C)cc1. The summed E-state index contributed by atoms with van der Waals surface area (Å²) in [4.78, 5) is 8.18. The summed E-state index contributed by atoms with van der Waals surface area (Å²) in [7, 11) is 3.71. The lowest BCUT2D eigenvalue weighted by Gasteiger charge is -2.28. The lowest BCUT2D eigenvalue weighted by molar-refractivity contribution is -0.137. The number of rotatable bonds is 3. The van der Waals surface area contributed by atoms with Gasteiger partial charge in [0.05, 0.1) is 12.7 Å². The van der Waals surface area contributed by atoms with Gasteiger partial charge in [0.25, 0.3) is 0 Å². The van der Waals surface area contributed by atoms with Gasteiger partial charge in [-0.2, -0.15) is 13.2 Å². The Kier molecular flexibility index (Phi) is 4.50. The largest absolute Gasteiger partial charge is 0.497 e. The summed E-state index contributed by atoms with van der Waals surface area (Å²) in [6.45, 7) is 2.04. The van der Waals surface area contributed by atoms with Gasteiger partial charge >= 0.3 is 6.18 Å². The second kappa shape index (κ2) is 6.71. The van der Waals surface area contributed by atoms with Crippen molar-refractivity contribution in [2.24, 2.45) is 11.8 Å². The highest BCUT2D eigenvalue weighted by Crippen LogP contribution is 2.46. The highest BCUT2D eigenvalue weighted by atomic mass is 19.4. The van der Waals surface area contributed by atoms with Crippen molar-refractivity contribution in [3.8, 4) is 5.75 Å². The van der Waals surface area contributed by atoms with Crippen LogP contribution in [0.2, 0.25) is 0 Å². The van der Waals surface area contributed by atoms with Crippen LogP contribution in [0.25, 0.3) is 0 Å². The summed E-state index contributed by atoms with van der Waals surface area (Å²) in [6, 6.07) is 10.6. The molecule has 0 radical (unpaired) electrons. The molecule has 0 aliphatic carbocycles. The molecule has 2 aromatic rings. The van der Waals surface area contributed by atoms with E-state index in [1.54, 1.807) is 7.11 Å². The molecule has 3 heterocycles. The Bertz CT molecular complexity index is 809. The van der Waals surface area contributed by atoms with E-state index in [2.05, 4.69) is 16.9 Å². The number of fused-ring (bicyclic) bond motifs is 1. The van der Waals surface area contributed by atoms with Crippen LogP contribution in [0.15, 0.2) is 42.6 Å². The maximum Gasteiger partial charge on any atom is 0.419 e. The summed E-state index contributed by atoms with van der Waals surface area (Å²) in [5, 5.41) is 0. The molecule has 27 heavy (non-hydrogen) atoms. The van der Waals surface area contributed by atoms with Crippen LogP contribution in [0.4, 0.5) is 19.0 Å². The smallest absolute Gasteiger partial charge is 0.419 e. The van der Waals surface area contributed by atoms with Crippen LogP contribution >= 0.6 is 0 Å². The van der Waals surface area contributed by atoms with Gasteiger partial charge in [-0.05, 0) is 42.8 Å². The standard InChI is InChI=1S/C20H22F3N3O/c1-25-10-14-11-26(19-17(20(21,22)23)4-3-9-24-19)12-16(14)18(25)13-5-7-15(27-2)8-6-13/h3-9,14,16,18H,10-12H2,1-2H3/t14-,16+,18+/m0/s1. The molecule has 0 unspecified atom stereocenters. The van der Waals surface area contributed by atoms with Crippen LogP contribution in [-0.2, 0) is 6.18 Å². The number of pyridine rings is 1. The number of likely N-dealkylation sites (tertiary alicyclic amines) is 1. The molecule has 4 nitrogen and oxygen atoms in total. The summed E-state index contributed by atoms with van der Waals surface area (Å²) in [6.07, 6.45) is -2.96. The molecular formula is C20H22F3N3O. The average Bonchev–Trinajstić information content (AvgIpc) is 3.17. The van der Waals surface area contributed by atoms with Crippen molar-refractivity contribution < 1.29 is 17.9 Å². The Hall–Kier alpha value is -2.28. The van der Waals surface area contributed by atoms with Crippen LogP contribution in [0, 0.1) is 11.8 Å². The number of nitrogens with zero attached hydrogens (tertiary/aromatic N) is 3. The summed E-state index contributed by atoms with van der Waals surface area (Å²) < 4.78 is 45.4. The topological polar surface area (TPSA) is 28.6 Å². The Morgan fingerprint density at radius 3 is 2.48 bits per heavy atom. The van der Waals surface area contributed by atoms with Gasteiger partial charge in [-0.25, -0.2) is 4.98 Å². The molecule has 0 amide bonds. The van der Waals surface area contributed by atoms with Crippen molar-refractivity contribution in [1.82, 2.24) is 9.88 Å². The number of anilines is 1. The second-order valence-corrected chi connectivity index (χ2v) is 7.36. The molecular weight excluding hydrogens is 355 g/mol. The minimum atomic E-state index is -4.40. The lowest BCUT2D eigenvalue weighted by Crippen LogP contribution is -2.30. The van der Waals surface area contributed by atoms with Gasteiger partial charge in [-0.15, -0.1) is 0 Å². The van der Waals surface area contributed by atoms with E-state index >= 15 is 0 Å².